The fourth-order valence-electron chi connectivity index (χ4n) is 2.91. The summed E-state index contributed by atoms with van der Waals surface area (Å²) in [6.45, 7) is 2.71. The predicted octanol–water partition coefficient (Wildman–Crippen LogP) is 4.90. The molecule has 0 atom stereocenters. The Morgan fingerprint density at radius 1 is 0.969 bits per heavy atom. The molecule has 0 spiro atoms. The Labute approximate surface area is 200 Å². The third-order valence-corrected chi connectivity index (χ3v) is 5.09. The summed E-state index contributed by atoms with van der Waals surface area (Å²) in [5.41, 5.74) is 2.44. The van der Waals surface area contributed by atoms with Gasteiger partial charge >= 0.3 is 0 Å². The largest absolute Gasteiger partial charge is 0.493 e. The van der Waals surface area contributed by atoms with Gasteiger partial charge in [-0.15, -0.1) is 0 Å². The van der Waals surface area contributed by atoms with Crippen molar-refractivity contribution in [2.24, 2.45) is 0 Å². The van der Waals surface area contributed by atoms with Crippen LogP contribution in [-0.2, 0) is 6.54 Å². The Morgan fingerprint density at radius 2 is 1.75 bits per heavy atom. The van der Waals surface area contributed by atoms with Gasteiger partial charge in [0.25, 0.3) is 11.8 Å². The molecule has 32 heavy (non-hydrogen) atoms. The number of ether oxygens (including phenoxy) is 1. The van der Waals surface area contributed by atoms with E-state index in [1.807, 2.05) is 37.3 Å². The summed E-state index contributed by atoms with van der Waals surface area (Å²) >= 11 is 8.64. The molecule has 0 heterocycles. The number of rotatable bonds is 7. The van der Waals surface area contributed by atoms with Crippen molar-refractivity contribution in [3.05, 3.63) is 94.0 Å². The average Bonchev–Trinajstić information content (AvgIpc) is 2.79. The second-order valence-corrected chi connectivity index (χ2v) is 8.05. The third-order valence-electron chi connectivity index (χ3n) is 4.39. The third kappa shape index (κ3) is 6.63. The summed E-state index contributed by atoms with van der Waals surface area (Å²) in [5.74, 6) is -0.139. The number of halogens is 1. The van der Waals surface area contributed by atoms with Crippen LogP contribution in [0.3, 0.4) is 0 Å². The van der Waals surface area contributed by atoms with Crippen molar-refractivity contribution in [3.8, 4) is 5.75 Å². The van der Waals surface area contributed by atoms with Crippen molar-refractivity contribution in [1.82, 2.24) is 10.6 Å². The molecular weight excluding hydrogens is 490 g/mol. The van der Waals surface area contributed by atoms with Crippen molar-refractivity contribution < 1.29 is 14.3 Å². The lowest BCUT2D eigenvalue weighted by molar-refractivity contribution is 0.0948. The number of hydrogen-bond acceptors (Lipinski definition) is 4. The molecule has 3 N–H and O–H groups in total. The highest BCUT2D eigenvalue weighted by molar-refractivity contribution is 9.10. The quantitative estimate of drug-likeness (QED) is 0.393. The van der Waals surface area contributed by atoms with Crippen LogP contribution in [0.15, 0.2) is 77.3 Å². The van der Waals surface area contributed by atoms with Gasteiger partial charge in [0.15, 0.2) is 5.11 Å². The van der Waals surface area contributed by atoms with Crippen LogP contribution < -0.4 is 20.7 Å². The van der Waals surface area contributed by atoms with Gasteiger partial charge in [-0.3, -0.25) is 14.9 Å². The molecule has 0 aromatic heterocycles. The van der Waals surface area contributed by atoms with E-state index in [0.717, 1.165) is 10.0 Å². The molecule has 6 nitrogen and oxygen atoms in total. The highest BCUT2D eigenvalue weighted by Gasteiger charge is 2.15. The molecule has 0 saturated heterocycles. The highest BCUT2D eigenvalue weighted by Crippen LogP contribution is 2.23. The molecule has 0 radical (unpaired) electrons. The SMILES string of the molecule is CCOc1ccc(Br)cc1C(=O)NC(=S)Nc1cccc(C(=O)NCc2ccccc2)c1. The van der Waals surface area contributed by atoms with Crippen LogP contribution in [0.25, 0.3) is 0 Å². The second kappa shape index (κ2) is 11.4. The standard InChI is InChI=1S/C24H22BrN3O3S/c1-2-31-21-12-11-18(25)14-20(21)23(30)28-24(32)27-19-10-6-9-17(13-19)22(29)26-15-16-7-4-3-5-8-16/h3-14H,2,15H2,1H3,(H,26,29)(H2,27,28,30,32). The van der Waals surface area contributed by atoms with Gasteiger partial charge in [0.1, 0.15) is 5.75 Å². The maximum Gasteiger partial charge on any atom is 0.261 e. The fraction of sp³-hybridized carbons (Fsp3) is 0.125. The number of hydrogen-bond donors (Lipinski definition) is 3. The highest BCUT2D eigenvalue weighted by atomic mass is 79.9. The minimum atomic E-state index is -0.399. The van der Waals surface area contributed by atoms with Crippen molar-refractivity contribution in [1.29, 1.82) is 0 Å². The zero-order chi connectivity index (χ0) is 22.9. The second-order valence-electron chi connectivity index (χ2n) is 6.73. The first kappa shape index (κ1) is 23.4. The molecule has 164 valence electrons. The summed E-state index contributed by atoms with van der Waals surface area (Å²) in [7, 11) is 0. The molecule has 0 unspecified atom stereocenters. The summed E-state index contributed by atoms with van der Waals surface area (Å²) in [6, 6.07) is 21.7. The molecule has 0 saturated carbocycles. The molecule has 0 aliphatic heterocycles. The minimum absolute atomic E-state index is 0.110. The van der Waals surface area contributed by atoms with Crippen molar-refractivity contribution >= 4 is 50.8 Å². The molecule has 8 heteroatoms. The lowest BCUT2D eigenvalue weighted by atomic mass is 10.1. The van der Waals surface area contributed by atoms with Crippen LogP contribution in [0.4, 0.5) is 5.69 Å². The zero-order valence-corrected chi connectivity index (χ0v) is 19.8. The maximum absolute atomic E-state index is 12.7. The topological polar surface area (TPSA) is 79.5 Å². The normalized spacial score (nSPS) is 10.2. The number of thiocarbonyl (C=S) groups is 1. The Kier molecular flexibility index (Phi) is 8.35. The van der Waals surface area contributed by atoms with E-state index in [0.29, 0.717) is 35.7 Å². The summed E-state index contributed by atoms with van der Waals surface area (Å²) in [5, 5.41) is 8.59. The first-order chi connectivity index (χ1) is 15.5. The van der Waals surface area contributed by atoms with Crippen molar-refractivity contribution in [2.75, 3.05) is 11.9 Å². The van der Waals surface area contributed by atoms with Gasteiger partial charge in [0.05, 0.1) is 12.2 Å². The lowest BCUT2D eigenvalue weighted by Crippen LogP contribution is -2.34. The van der Waals surface area contributed by atoms with Crippen LogP contribution >= 0.6 is 28.1 Å². The van der Waals surface area contributed by atoms with E-state index in [1.54, 1.807) is 42.5 Å². The van der Waals surface area contributed by atoms with E-state index in [1.165, 1.54) is 0 Å². The smallest absolute Gasteiger partial charge is 0.261 e. The number of anilines is 1. The number of carbonyl (C=O) groups is 2. The van der Waals surface area contributed by atoms with E-state index in [9.17, 15) is 9.59 Å². The van der Waals surface area contributed by atoms with Gasteiger partial charge in [-0.1, -0.05) is 52.3 Å². The van der Waals surface area contributed by atoms with Crippen LogP contribution in [0, 0.1) is 0 Å². The fourth-order valence-corrected chi connectivity index (χ4v) is 3.48. The number of nitrogens with one attached hydrogen (secondary N) is 3. The van der Waals surface area contributed by atoms with Crippen molar-refractivity contribution in [3.63, 3.8) is 0 Å². The predicted molar refractivity (Wildman–Crippen MR) is 133 cm³/mol. The monoisotopic (exact) mass is 511 g/mol. The van der Waals surface area contributed by atoms with Crippen LogP contribution in [-0.4, -0.2) is 23.5 Å². The molecule has 0 aliphatic carbocycles. The molecule has 2 amide bonds. The Bertz CT molecular complexity index is 1120. The minimum Gasteiger partial charge on any atom is -0.493 e. The molecule has 3 aromatic rings. The molecule has 0 aliphatic rings. The Balaban J connectivity index is 1.61. The molecule has 3 rings (SSSR count). The molecule has 3 aromatic carbocycles. The summed E-state index contributed by atoms with van der Waals surface area (Å²) in [4.78, 5) is 25.2. The molecule has 0 fully saturated rings. The zero-order valence-electron chi connectivity index (χ0n) is 17.4. The first-order valence-corrected chi connectivity index (χ1v) is 11.1. The van der Waals surface area contributed by atoms with Gasteiger partial charge in [-0.05, 0) is 61.1 Å². The molecule has 0 bridgehead atoms. The Morgan fingerprint density at radius 3 is 2.50 bits per heavy atom. The summed E-state index contributed by atoms with van der Waals surface area (Å²) in [6.07, 6.45) is 0. The number of carbonyl (C=O) groups excluding carboxylic acids is 2. The van der Waals surface area contributed by atoms with Gasteiger partial charge in [-0.2, -0.15) is 0 Å². The lowest BCUT2D eigenvalue weighted by Gasteiger charge is -2.13. The Hall–Kier alpha value is -3.23. The van der Waals surface area contributed by atoms with Gasteiger partial charge in [-0.25, -0.2) is 0 Å². The van der Waals surface area contributed by atoms with Crippen molar-refractivity contribution in [2.45, 2.75) is 13.5 Å². The van der Waals surface area contributed by atoms with E-state index in [2.05, 4.69) is 31.9 Å². The van der Waals surface area contributed by atoms with Gasteiger partial charge < -0.3 is 15.4 Å². The molecular formula is C24H22BrN3O3S. The van der Waals surface area contributed by atoms with Crippen LogP contribution in [0.5, 0.6) is 5.75 Å². The maximum atomic E-state index is 12.7. The van der Waals surface area contributed by atoms with Crippen LogP contribution in [0.2, 0.25) is 0 Å². The number of amides is 2. The number of benzene rings is 3. The summed E-state index contributed by atoms with van der Waals surface area (Å²) < 4.78 is 6.27. The van der Waals surface area contributed by atoms with E-state index >= 15 is 0 Å². The van der Waals surface area contributed by atoms with E-state index < -0.39 is 5.91 Å². The first-order valence-electron chi connectivity index (χ1n) is 9.93. The average molecular weight is 512 g/mol. The van der Waals surface area contributed by atoms with Crippen LogP contribution in [0.1, 0.15) is 33.2 Å². The van der Waals surface area contributed by atoms with E-state index in [-0.39, 0.29) is 11.0 Å². The van der Waals surface area contributed by atoms with Gasteiger partial charge in [0.2, 0.25) is 0 Å². The van der Waals surface area contributed by atoms with E-state index in [4.69, 9.17) is 17.0 Å². The van der Waals surface area contributed by atoms with Gasteiger partial charge in [0, 0.05) is 22.3 Å².